The molecule has 1 heterocycles. The highest BCUT2D eigenvalue weighted by Crippen LogP contribution is 2.39. The minimum atomic E-state index is 0.824. The van der Waals surface area contributed by atoms with Crippen LogP contribution in [0.1, 0.15) is 19.3 Å². The molecule has 62 valence electrons. The zero-order valence-corrected chi connectivity index (χ0v) is 7.05. The fourth-order valence-electron chi connectivity index (χ4n) is 2.63. The van der Waals surface area contributed by atoms with Gasteiger partial charge in [-0.1, -0.05) is 6.08 Å². The van der Waals surface area contributed by atoms with Crippen LogP contribution in [0, 0.1) is 17.8 Å². The first-order valence-corrected chi connectivity index (χ1v) is 4.73. The lowest BCUT2D eigenvalue weighted by molar-refractivity contribution is 0.295. The first-order valence-electron chi connectivity index (χ1n) is 4.73. The van der Waals surface area contributed by atoms with Gasteiger partial charge in [0, 0.05) is 0 Å². The summed E-state index contributed by atoms with van der Waals surface area (Å²) in [7, 11) is 0. The minimum absolute atomic E-state index is 0.824. The number of hydrogen-bond acceptors (Lipinski definition) is 1. The molecular weight excluding hydrogens is 134 g/mol. The van der Waals surface area contributed by atoms with Crippen molar-refractivity contribution in [3.63, 3.8) is 0 Å². The van der Waals surface area contributed by atoms with E-state index < -0.39 is 0 Å². The van der Waals surface area contributed by atoms with Crippen molar-refractivity contribution in [3.05, 3.63) is 12.7 Å². The molecule has 1 aliphatic heterocycles. The standard InChI is InChI=1S/C10H17N/c1-2-8-5-9-3-4-11-7-10(9)6-8/h2,8-11H,1,3-7H2. The van der Waals surface area contributed by atoms with E-state index >= 15 is 0 Å². The van der Waals surface area contributed by atoms with Crippen LogP contribution in [0.2, 0.25) is 0 Å². The molecular formula is C10H17N. The summed E-state index contributed by atoms with van der Waals surface area (Å²) in [5.41, 5.74) is 0. The van der Waals surface area contributed by atoms with Crippen LogP contribution in [0.3, 0.4) is 0 Å². The molecule has 1 saturated heterocycles. The summed E-state index contributed by atoms with van der Waals surface area (Å²) in [6, 6.07) is 0. The van der Waals surface area contributed by atoms with E-state index in [9.17, 15) is 0 Å². The third-order valence-electron chi connectivity index (χ3n) is 3.31. The zero-order valence-electron chi connectivity index (χ0n) is 7.05. The lowest BCUT2D eigenvalue weighted by Crippen LogP contribution is -2.33. The molecule has 2 rings (SSSR count). The van der Waals surface area contributed by atoms with Crippen LogP contribution in [-0.2, 0) is 0 Å². The topological polar surface area (TPSA) is 12.0 Å². The lowest BCUT2D eigenvalue weighted by atomic mass is 9.90. The molecule has 11 heavy (non-hydrogen) atoms. The molecule has 0 amide bonds. The van der Waals surface area contributed by atoms with Crippen LogP contribution in [0.15, 0.2) is 12.7 Å². The van der Waals surface area contributed by atoms with Crippen LogP contribution in [0.4, 0.5) is 0 Å². The third-order valence-corrected chi connectivity index (χ3v) is 3.31. The Balaban J connectivity index is 1.97. The summed E-state index contributed by atoms with van der Waals surface area (Å²) in [5.74, 6) is 2.80. The predicted molar refractivity (Wildman–Crippen MR) is 47.4 cm³/mol. The number of rotatable bonds is 1. The number of fused-ring (bicyclic) bond motifs is 1. The second kappa shape index (κ2) is 2.98. The second-order valence-corrected chi connectivity index (χ2v) is 3.98. The molecule has 3 atom stereocenters. The van der Waals surface area contributed by atoms with Crippen molar-refractivity contribution in [1.82, 2.24) is 5.32 Å². The predicted octanol–water partition coefficient (Wildman–Crippen LogP) is 1.81. The van der Waals surface area contributed by atoms with Crippen LogP contribution in [-0.4, -0.2) is 13.1 Å². The van der Waals surface area contributed by atoms with Gasteiger partial charge in [-0.3, -0.25) is 0 Å². The molecule has 1 saturated carbocycles. The van der Waals surface area contributed by atoms with E-state index in [1.54, 1.807) is 0 Å². The Morgan fingerprint density at radius 2 is 2.09 bits per heavy atom. The van der Waals surface area contributed by atoms with E-state index in [-0.39, 0.29) is 0 Å². The first-order chi connectivity index (χ1) is 5.40. The summed E-state index contributed by atoms with van der Waals surface area (Å²) in [4.78, 5) is 0. The molecule has 1 aliphatic carbocycles. The van der Waals surface area contributed by atoms with Gasteiger partial charge in [0.1, 0.15) is 0 Å². The van der Waals surface area contributed by atoms with Gasteiger partial charge in [-0.15, -0.1) is 6.58 Å². The molecule has 0 aromatic carbocycles. The maximum Gasteiger partial charge on any atom is -0.00176 e. The minimum Gasteiger partial charge on any atom is -0.316 e. The number of hydrogen-bond donors (Lipinski definition) is 1. The Bertz CT molecular complexity index is 139. The highest BCUT2D eigenvalue weighted by molar-refractivity contribution is 4.94. The second-order valence-electron chi connectivity index (χ2n) is 3.98. The summed E-state index contributed by atoms with van der Waals surface area (Å²) < 4.78 is 0. The zero-order chi connectivity index (χ0) is 7.68. The maximum absolute atomic E-state index is 3.88. The lowest BCUT2D eigenvalue weighted by Gasteiger charge is -2.25. The van der Waals surface area contributed by atoms with E-state index in [1.807, 2.05) is 0 Å². The molecule has 1 heteroatoms. The van der Waals surface area contributed by atoms with Crippen molar-refractivity contribution < 1.29 is 0 Å². The quantitative estimate of drug-likeness (QED) is 0.564. The summed E-state index contributed by atoms with van der Waals surface area (Å²) in [6.07, 6.45) is 6.35. The van der Waals surface area contributed by atoms with Gasteiger partial charge in [0.2, 0.25) is 0 Å². The molecule has 3 unspecified atom stereocenters. The number of allylic oxidation sites excluding steroid dienone is 1. The summed E-state index contributed by atoms with van der Waals surface area (Å²) in [6.45, 7) is 6.38. The number of nitrogens with one attached hydrogen (secondary N) is 1. The van der Waals surface area contributed by atoms with Gasteiger partial charge in [0.05, 0.1) is 0 Å². The average Bonchev–Trinajstić information content (AvgIpc) is 2.46. The molecule has 0 aromatic rings. The van der Waals surface area contributed by atoms with Crippen LogP contribution >= 0.6 is 0 Å². The Hall–Kier alpha value is -0.300. The fraction of sp³-hybridized carbons (Fsp3) is 0.800. The maximum atomic E-state index is 3.88. The Morgan fingerprint density at radius 3 is 2.82 bits per heavy atom. The van der Waals surface area contributed by atoms with Crippen molar-refractivity contribution in [1.29, 1.82) is 0 Å². The Morgan fingerprint density at radius 1 is 1.27 bits per heavy atom. The molecule has 2 aliphatic rings. The van der Waals surface area contributed by atoms with Gasteiger partial charge in [0.15, 0.2) is 0 Å². The van der Waals surface area contributed by atoms with Crippen molar-refractivity contribution in [3.8, 4) is 0 Å². The van der Waals surface area contributed by atoms with E-state index in [0.717, 1.165) is 17.8 Å². The normalized spacial score (nSPS) is 43.5. The highest BCUT2D eigenvalue weighted by Gasteiger charge is 2.33. The van der Waals surface area contributed by atoms with Gasteiger partial charge in [-0.05, 0) is 50.1 Å². The van der Waals surface area contributed by atoms with Gasteiger partial charge < -0.3 is 5.32 Å². The monoisotopic (exact) mass is 151 g/mol. The third kappa shape index (κ3) is 1.34. The Labute approximate surface area is 68.9 Å². The first kappa shape index (κ1) is 7.35. The molecule has 0 aromatic heterocycles. The van der Waals surface area contributed by atoms with Crippen molar-refractivity contribution in [2.45, 2.75) is 19.3 Å². The molecule has 2 fully saturated rings. The fourth-order valence-corrected chi connectivity index (χ4v) is 2.63. The van der Waals surface area contributed by atoms with Gasteiger partial charge in [-0.2, -0.15) is 0 Å². The van der Waals surface area contributed by atoms with Crippen LogP contribution < -0.4 is 5.32 Å². The molecule has 1 N–H and O–H groups in total. The summed E-state index contributed by atoms with van der Waals surface area (Å²) >= 11 is 0. The SMILES string of the molecule is C=CC1CC2CCNCC2C1. The van der Waals surface area contributed by atoms with Crippen molar-refractivity contribution in [2.24, 2.45) is 17.8 Å². The number of piperidine rings is 1. The molecule has 0 spiro atoms. The smallest absolute Gasteiger partial charge is 0.00176 e. The largest absolute Gasteiger partial charge is 0.316 e. The highest BCUT2D eigenvalue weighted by atomic mass is 14.9. The van der Waals surface area contributed by atoms with E-state index in [4.69, 9.17) is 0 Å². The van der Waals surface area contributed by atoms with E-state index in [2.05, 4.69) is 18.0 Å². The Kier molecular flexibility index (Phi) is 1.99. The van der Waals surface area contributed by atoms with Gasteiger partial charge in [0.25, 0.3) is 0 Å². The van der Waals surface area contributed by atoms with Crippen molar-refractivity contribution in [2.75, 3.05) is 13.1 Å². The average molecular weight is 151 g/mol. The molecule has 1 nitrogen and oxygen atoms in total. The van der Waals surface area contributed by atoms with Crippen LogP contribution in [0.5, 0.6) is 0 Å². The van der Waals surface area contributed by atoms with Crippen molar-refractivity contribution >= 4 is 0 Å². The van der Waals surface area contributed by atoms with Crippen LogP contribution in [0.25, 0.3) is 0 Å². The van der Waals surface area contributed by atoms with E-state index in [0.29, 0.717) is 0 Å². The van der Waals surface area contributed by atoms with E-state index in [1.165, 1.54) is 32.4 Å². The molecule has 0 radical (unpaired) electrons. The van der Waals surface area contributed by atoms with Gasteiger partial charge >= 0.3 is 0 Å². The molecule has 0 bridgehead atoms. The van der Waals surface area contributed by atoms with Gasteiger partial charge in [-0.25, -0.2) is 0 Å². The summed E-state index contributed by atoms with van der Waals surface area (Å²) in [5, 5.41) is 3.47.